The number of halogens is 3. The number of primary amides is 1. The minimum atomic E-state index is -1.65. The fraction of sp³-hybridized carbons (Fsp3) is 0.188. The molecule has 7 heteroatoms. The standard InChI is InChI=1S/C16H14F3NO3/c1-22-16(9-5-3-2-4-6-9)13-11(23-8-12(20)21)7-10(17)14(18)15(13)19/h2-7,16H,8H2,1H3,(H2,20,21). The van der Waals surface area contributed by atoms with Gasteiger partial charge in [0.2, 0.25) is 0 Å². The SMILES string of the molecule is COC(c1ccccc1)c1c(OCC(N)=O)cc(F)c(F)c1F. The summed E-state index contributed by atoms with van der Waals surface area (Å²) in [6, 6.07) is 9.03. The van der Waals surface area contributed by atoms with E-state index in [1.165, 1.54) is 7.11 Å². The Bertz CT molecular complexity index is 707. The second kappa shape index (κ2) is 7.15. The third-order valence-corrected chi connectivity index (χ3v) is 3.13. The Labute approximate surface area is 130 Å². The van der Waals surface area contributed by atoms with Gasteiger partial charge in [0.05, 0.1) is 5.56 Å². The molecule has 0 radical (unpaired) electrons. The third kappa shape index (κ3) is 3.62. The Balaban J connectivity index is 2.57. The Morgan fingerprint density at radius 3 is 2.39 bits per heavy atom. The molecule has 0 aliphatic heterocycles. The van der Waals surface area contributed by atoms with Crippen molar-refractivity contribution in [3.8, 4) is 5.75 Å². The second-order valence-corrected chi connectivity index (χ2v) is 4.68. The molecule has 2 aromatic rings. The van der Waals surface area contributed by atoms with Crippen LogP contribution in [0.2, 0.25) is 0 Å². The van der Waals surface area contributed by atoms with Crippen molar-refractivity contribution in [2.75, 3.05) is 13.7 Å². The zero-order valence-electron chi connectivity index (χ0n) is 12.2. The zero-order valence-corrected chi connectivity index (χ0v) is 12.2. The zero-order chi connectivity index (χ0) is 17.0. The molecule has 1 atom stereocenters. The van der Waals surface area contributed by atoms with E-state index in [0.717, 1.165) is 0 Å². The average Bonchev–Trinajstić information content (AvgIpc) is 2.54. The maximum atomic E-state index is 14.3. The van der Waals surface area contributed by atoms with Gasteiger partial charge < -0.3 is 15.2 Å². The quantitative estimate of drug-likeness (QED) is 0.831. The molecule has 122 valence electrons. The number of rotatable bonds is 6. The maximum Gasteiger partial charge on any atom is 0.255 e. The average molecular weight is 325 g/mol. The maximum absolute atomic E-state index is 14.3. The van der Waals surface area contributed by atoms with E-state index in [9.17, 15) is 18.0 Å². The van der Waals surface area contributed by atoms with Crippen LogP contribution in [0.4, 0.5) is 13.2 Å². The number of hydrogen-bond acceptors (Lipinski definition) is 3. The third-order valence-electron chi connectivity index (χ3n) is 3.13. The van der Waals surface area contributed by atoms with Crippen LogP contribution in [-0.4, -0.2) is 19.6 Å². The monoisotopic (exact) mass is 325 g/mol. The molecular formula is C16H14F3NO3. The molecule has 0 aliphatic rings. The fourth-order valence-corrected chi connectivity index (χ4v) is 2.15. The summed E-state index contributed by atoms with van der Waals surface area (Å²) in [6.45, 7) is -0.608. The minimum absolute atomic E-state index is 0.348. The smallest absolute Gasteiger partial charge is 0.255 e. The van der Waals surface area contributed by atoms with E-state index in [0.29, 0.717) is 11.6 Å². The van der Waals surface area contributed by atoms with Crippen molar-refractivity contribution < 1.29 is 27.4 Å². The number of carbonyl (C=O) groups is 1. The van der Waals surface area contributed by atoms with Crippen molar-refractivity contribution in [3.05, 3.63) is 65.0 Å². The van der Waals surface area contributed by atoms with Crippen LogP contribution in [0.15, 0.2) is 36.4 Å². The molecule has 23 heavy (non-hydrogen) atoms. The number of nitrogens with two attached hydrogens (primary N) is 1. The van der Waals surface area contributed by atoms with Crippen LogP contribution < -0.4 is 10.5 Å². The van der Waals surface area contributed by atoms with Crippen LogP contribution in [0.5, 0.6) is 5.75 Å². The summed E-state index contributed by atoms with van der Waals surface area (Å²) in [6.07, 6.45) is -1.05. The molecule has 0 fully saturated rings. The number of carbonyl (C=O) groups excluding carboxylic acids is 1. The Morgan fingerprint density at radius 1 is 1.17 bits per heavy atom. The Hall–Kier alpha value is -2.54. The second-order valence-electron chi connectivity index (χ2n) is 4.68. The fourth-order valence-electron chi connectivity index (χ4n) is 2.15. The van der Waals surface area contributed by atoms with Gasteiger partial charge in [-0.05, 0) is 5.56 Å². The summed E-state index contributed by atoms with van der Waals surface area (Å²) in [5.41, 5.74) is 5.11. The van der Waals surface area contributed by atoms with E-state index in [1.807, 2.05) is 0 Å². The van der Waals surface area contributed by atoms with Crippen LogP contribution in [0, 0.1) is 17.5 Å². The normalized spacial score (nSPS) is 12.0. The molecule has 2 rings (SSSR count). The Morgan fingerprint density at radius 2 is 1.83 bits per heavy atom. The summed E-state index contributed by atoms with van der Waals surface area (Å²) in [4.78, 5) is 10.8. The van der Waals surface area contributed by atoms with Crippen LogP contribution in [0.3, 0.4) is 0 Å². The molecule has 0 aromatic heterocycles. The Kier molecular flexibility index (Phi) is 5.23. The summed E-state index contributed by atoms with van der Waals surface area (Å²) in [7, 11) is 1.29. The van der Waals surface area contributed by atoms with Crippen LogP contribution in [-0.2, 0) is 9.53 Å². The summed E-state index contributed by atoms with van der Waals surface area (Å²) >= 11 is 0. The lowest BCUT2D eigenvalue weighted by molar-refractivity contribution is -0.120. The van der Waals surface area contributed by atoms with Gasteiger partial charge in [-0.3, -0.25) is 4.79 Å². The lowest BCUT2D eigenvalue weighted by Gasteiger charge is -2.20. The number of benzene rings is 2. The molecule has 0 heterocycles. The molecule has 4 nitrogen and oxygen atoms in total. The molecule has 1 unspecified atom stereocenters. The van der Waals surface area contributed by atoms with Gasteiger partial charge in [0.25, 0.3) is 5.91 Å². The van der Waals surface area contributed by atoms with Gasteiger partial charge >= 0.3 is 0 Å². The van der Waals surface area contributed by atoms with Crippen molar-refractivity contribution in [2.45, 2.75) is 6.10 Å². The minimum Gasteiger partial charge on any atom is -0.483 e. The van der Waals surface area contributed by atoms with E-state index in [-0.39, 0.29) is 11.3 Å². The first-order valence-corrected chi connectivity index (χ1v) is 6.62. The van der Waals surface area contributed by atoms with E-state index in [2.05, 4.69) is 0 Å². The highest BCUT2D eigenvalue weighted by atomic mass is 19.2. The van der Waals surface area contributed by atoms with Gasteiger partial charge in [-0.2, -0.15) is 0 Å². The highest BCUT2D eigenvalue weighted by Gasteiger charge is 2.27. The van der Waals surface area contributed by atoms with Gasteiger partial charge in [-0.1, -0.05) is 30.3 Å². The van der Waals surface area contributed by atoms with Gasteiger partial charge in [0.1, 0.15) is 11.9 Å². The number of amides is 1. The van der Waals surface area contributed by atoms with Crippen LogP contribution >= 0.6 is 0 Å². The highest BCUT2D eigenvalue weighted by Crippen LogP contribution is 2.36. The van der Waals surface area contributed by atoms with Crippen molar-refractivity contribution in [1.29, 1.82) is 0 Å². The lowest BCUT2D eigenvalue weighted by Crippen LogP contribution is -2.21. The molecule has 0 saturated carbocycles. The van der Waals surface area contributed by atoms with E-state index in [1.54, 1.807) is 30.3 Å². The predicted molar refractivity (Wildman–Crippen MR) is 76.3 cm³/mol. The molecule has 2 N–H and O–H groups in total. The number of methoxy groups -OCH3 is 1. The summed E-state index contributed by atoms with van der Waals surface area (Å²) < 4.78 is 51.6. The van der Waals surface area contributed by atoms with Gasteiger partial charge in [0.15, 0.2) is 24.1 Å². The first-order valence-electron chi connectivity index (χ1n) is 6.62. The first kappa shape index (κ1) is 16.8. The van der Waals surface area contributed by atoms with Crippen molar-refractivity contribution in [3.63, 3.8) is 0 Å². The largest absolute Gasteiger partial charge is 0.483 e. The molecule has 1 amide bonds. The van der Waals surface area contributed by atoms with Crippen LogP contribution in [0.1, 0.15) is 17.2 Å². The summed E-state index contributed by atoms with van der Waals surface area (Å²) in [5.74, 6) is -5.72. The van der Waals surface area contributed by atoms with Gasteiger partial charge in [0, 0.05) is 13.2 Å². The van der Waals surface area contributed by atoms with E-state index >= 15 is 0 Å². The van der Waals surface area contributed by atoms with E-state index in [4.69, 9.17) is 15.2 Å². The van der Waals surface area contributed by atoms with Crippen molar-refractivity contribution in [2.24, 2.45) is 5.73 Å². The molecule has 0 spiro atoms. The van der Waals surface area contributed by atoms with Crippen LogP contribution in [0.25, 0.3) is 0 Å². The number of hydrogen-bond donors (Lipinski definition) is 1. The first-order chi connectivity index (χ1) is 11.0. The van der Waals surface area contributed by atoms with Crippen molar-refractivity contribution in [1.82, 2.24) is 0 Å². The molecule has 0 bridgehead atoms. The highest BCUT2D eigenvalue weighted by molar-refractivity contribution is 5.75. The molecule has 2 aromatic carbocycles. The van der Waals surface area contributed by atoms with Crippen molar-refractivity contribution >= 4 is 5.91 Å². The molecular weight excluding hydrogens is 311 g/mol. The lowest BCUT2D eigenvalue weighted by atomic mass is 9.99. The summed E-state index contributed by atoms with van der Waals surface area (Å²) in [5, 5.41) is 0. The van der Waals surface area contributed by atoms with Gasteiger partial charge in [-0.25, -0.2) is 13.2 Å². The molecule has 0 saturated heterocycles. The van der Waals surface area contributed by atoms with E-state index < -0.39 is 36.1 Å². The molecule has 0 aliphatic carbocycles. The topological polar surface area (TPSA) is 61.6 Å². The van der Waals surface area contributed by atoms with Gasteiger partial charge in [-0.15, -0.1) is 0 Å². The predicted octanol–water partition coefficient (Wildman–Crippen LogP) is 2.70. The number of ether oxygens (including phenoxy) is 2.